The SMILES string of the molecule is NCc1cc(S(=O)(=O)Nc2cccc(Cl)c2Br)ccc1Cl. The molecule has 4 nitrogen and oxygen atoms in total. The number of sulfonamides is 1. The zero-order valence-corrected chi connectivity index (χ0v) is 14.5. The molecule has 3 N–H and O–H groups in total. The van der Waals surface area contributed by atoms with E-state index in [2.05, 4.69) is 20.7 Å². The van der Waals surface area contributed by atoms with Crippen LogP contribution in [0.4, 0.5) is 5.69 Å². The molecule has 8 heteroatoms. The lowest BCUT2D eigenvalue weighted by molar-refractivity contribution is 0.601. The predicted molar refractivity (Wildman–Crippen MR) is 89.3 cm³/mol. The minimum atomic E-state index is -3.75. The van der Waals surface area contributed by atoms with E-state index in [1.54, 1.807) is 18.2 Å². The molecule has 0 spiro atoms. The summed E-state index contributed by atoms with van der Waals surface area (Å²) >= 11 is 15.1. The predicted octanol–water partition coefficient (Wildman–Crippen LogP) is 4.02. The van der Waals surface area contributed by atoms with E-state index in [-0.39, 0.29) is 11.4 Å². The van der Waals surface area contributed by atoms with Crippen molar-refractivity contribution in [3.63, 3.8) is 0 Å². The number of hydrogen-bond donors (Lipinski definition) is 2. The van der Waals surface area contributed by atoms with Gasteiger partial charge in [-0.25, -0.2) is 8.42 Å². The second-order valence-corrected chi connectivity index (χ2v) is 7.45. The first-order chi connectivity index (χ1) is 9.85. The second-order valence-electron chi connectivity index (χ2n) is 4.16. The van der Waals surface area contributed by atoms with E-state index < -0.39 is 10.0 Å². The summed E-state index contributed by atoms with van der Waals surface area (Å²) in [6, 6.07) is 9.28. The molecule has 0 aliphatic rings. The number of anilines is 1. The first kappa shape index (κ1) is 16.6. The molecule has 2 rings (SSSR count). The van der Waals surface area contributed by atoms with Crippen LogP contribution < -0.4 is 10.5 Å². The molecular weight excluding hydrogens is 399 g/mol. The number of rotatable bonds is 4. The summed E-state index contributed by atoms with van der Waals surface area (Å²) in [4.78, 5) is 0.0826. The van der Waals surface area contributed by atoms with Crippen molar-refractivity contribution in [1.82, 2.24) is 0 Å². The third kappa shape index (κ3) is 3.70. The van der Waals surface area contributed by atoms with Crippen molar-refractivity contribution < 1.29 is 8.42 Å². The molecule has 0 saturated carbocycles. The van der Waals surface area contributed by atoms with Crippen molar-refractivity contribution in [2.24, 2.45) is 5.73 Å². The van der Waals surface area contributed by atoms with E-state index in [1.165, 1.54) is 18.2 Å². The molecule has 0 saturated heterocycles. The van der Waals surface area contributed by atoms with E-state index in [0.29, 0.717) is 25.8 Å². The maximum atomic E-state index is 12.4. The minimum absolute atomic E-state index is 0.0826. The highest BCUT2D eigenvalue weighted by atomic mass is 79.9. The number of benzene rings is 2. The number of halogens is 3. The summed E-state index contributed by atoms with van der Waals surface area (Å²) in [5.74, 6) is 0. The highest BCUT2D eigenvalue weighted by molar-refractivity contribution is 9.10. The summed E-state index contributed by atoms with van der Waals surface area (Å²) in [5.41, 5.74) is 6.45. The van der Waals surface area contributed by atoms with E-state index >= 15 is 0 Å². The Kier molecular flexibility index (Phi) is 5.16. The maximum Gasteiger partial charge on any atom is 0.261 e. The Balaban J connectivity index is 2.41. The summed E-state index contributed by atoms with van der Waals surface area (Å²) < 4.78 is 27.7. The van der Waals surface area contributed by atoms with Gasteiger partial charge in [-0.15, -0.1) is 0 Å². The molecule has 0 bridgehead atoms. The van der Waals surface area contributed by atoms with Gasteiger partial charge in [-0.1, -0.05) is 29.3 Å². The van der Waals surface area contributed by atoms with Gasteiger partial charge >= 0.3 is 0 Å². The lowest BCUT2D eigenvalue weighted by atomic mass is 10.2. The van der Waals surface area contributed by atoms with Gasteiger partial charge in [-0.2, -0.15) is 0 Å². The molecule has 0 fully saturated rings. The van der Waals surface area contributed by atoms with E-state index in [4.69, 9.17) is 28.9 Å². The molecule has 0 atom stereocenters. The topological polar surface area (TPSA) is 72.2 Å². The van der Waals surface area contributed by atoms with Gasteiger partial charge in [0.25, 0.3) is 10.0 Å². The van der Waals surface area contributed by atoms with Crippen LogP contribution in [0.2, 0.25) is 10.0 Å². The van der Waals surface area contributed by atoms with Gasteiger partial charge < -0.3 is 5.73 Å². The van der Waals surface area contributed by atoms with Crippen molar-refractivity contribution >= 4 is 54.8 Å². The third-order valence-corrected chi connectivity index (χ3v) is 5.87. The van der Waals surface area contributed by atoms with Gasteiger partial charge in [0.15, 0.2) is 0 Å². The molecule has 0 aliphatic carbocycles. The van der Waals surface area contributed by atoms with Crippen molar-refractivity contribution in [2.45, 2.75) is 11.4 Å². The highest BCUT2D eigenvalue weighted by Gasteiger charge is 2.17. The van der Waals surface area contributed by atoms with Crippen LogP contribution in [-0.2, 0) is 16.6 Å². The van der Waals surface area contributed by atoms with Crippen molar-refractivity contribution in [1.29, 1.82) is 0 Å². The number of nitrogens with two attached hydrogens (primary N) is 1. The molecule has 0 amide bonds. The van der Waals surface area contributed by atoms with Gasteiger partial charge in [0, 0.05) is 11.6 Å². The van der Waals surface area contributed by atoms with Crippen molar-refractivity contribution in [2.75, 3.05) is 4.72 Å². The zero-order valence-electron chi connectivity index (χ0n) is 10.6. The van der Waals surface area contributed by atoms with Crippen LogP contribution in [0.25, 0.3) is 0 Å². The van der Waals surface area contributed by atoms with Crippen molar-refractivity contribution in [3.8, 4) is 0 Å². The third-order valence-electron chi connectivity index (χ3n) is 2.74. The molecule has 0 unspecified atom stereocenters. The zero-order chi connectivity index (χ0) is 15.6. The Labute approximate surface area is 141 Å². The van der Waals surface area contributed by atoms with Gasteiger partial charge in [-0.3, -0.25) is 4.72 Å². The molecular formula is C13H11BrCl2N2O2S. The Bertz CT molecular complexity index is 782. The maximum absolute atomic E-state index is 12.4. The van der Waals surface area contributed by atoms with Crippen LogP contribution in [0.15, 0.2) is 45.8 Å². The molecule has 21 heavy (non-hydrogen) atoms. The average molecular weight is 410 g/mol. The Morgan fingerprint density at radius 3 is 2.52 bits per heavy atom. The summed E-state index contributed by atoms with van der Waals surface area (Å²) in [5, 5.41) is 0.842. The van der Waals surface area contributed by atoms with Crippen LogP contribution in [0.5, 0.6) is 0 Å². The summed E-state index contributed by atoms with van der Waals surface area (Å²) in [6.45, 7) is 0.156. The number of nitrogens with one attached hydrogen (secondary N) is 1. The van der Waals surface area contributed by atoms with Crippen LogP contribution in [0.1, 0.15) is 5.56 Å². The normalized spacial score (nSPS) is 11.4. The van der Waals surface area contributed by atoms with Crippen molar-refractivity contribution in [3.05, 3.63) is 56.5 Å². The Morgan fingerprint density at radius 2 is 1.86 bits per heavy atom. The lowest BCUT2D eigenvalue weighted by Crippen LogP contribution is -2.14. The molecule has 2 aromatic carbocycles. The fourth-order valence-corrected chi connectivity index (χ4v) is 3.65. The summed E-state index contributed by atoms with van der Waals surface area (Å²) in [7, 11) is -3.75. The Morgan fingerprint density at radius 1 is 1.14 bits per heavy atom. The van der Waals surface area contributed by atoms with Gasteiger partial charge in [0.2, 0.25) is 0 Å². The average Bonchev–Trinajstić information content (AvgIpc) is 2.44. The van der Waals surface area contributed by atoms with Crippen LogP contribution in [-0.4, -0.2) is 8.42 Å². The second kappa shape index (κ2) is 6.54. The standard InChI is InChI=1S/C13H11BrCl2N2O2S/c14-13-11(16)2-1-3-12(13)18-21(19,20)9-4-5-10(15)8(6-9)7-17/h1-6,18H,7,17H2. The number of hydrogen-bond acceptors (Lipinski definition) is 3. The van der Waals surface area contributed by atoms with E-state index in [9.17, 15) is 8.42 Å². The highest BCUT2D eigenvalue weighted by Crippen LogP contribution is 2.32. The molecule has 112 valence electrons. The van der Waals surface area contributed by atoms with Gasteiger partial charge in [0.05, 0.1) is 20.1 Å². The first-order valence-corrected chi connectivity index (χ1v) is 8.83. The molecule has 0 aromatic heterocycles. The van der Waals surface area contributed by atoms with Crippen LogP contribution >= 0.6 is 39.1 Å². The van der Waals surface area contributed by atoms with Crippen LogP contribution in [0.3, 0.4) is 0 Å². The fraction of sp³-hybridized carbons (Fsp3) is 0.0769. The smallest absolute Gasteiger partial charge is 0.261 e. The molecule has 0 aliphatic heterocycles. The molecule has 0 heterocycles. The quantitative estimate of drug-likeness (QED) is 0.800. The molecule has 2 aromatic rings. The van der Waals surface area contributed by atoms with Crippen LogP contribution in [0, 0.1) is 0 Å². The van der Waals surface area contributed by atoms with E-state index in [0.717, 1.165) is 0 Å². The minimum Gasteiger partial charge on any atom is -0.326 e. The largest absolute Gasteiger partial charge is 0.326 e. The monoisotopic (exact) mass is 408 g/mol. The van der Waals surface area contributed by atoms with Gasteiger partial charge in [0.1, 0.15) is 0 Å². The fourth-order valence-electron chi connectivity index (χ4n) is 1.66. The first-order valence-electron chi connectivity index (χ1n) is 5.80. The summed E-state index contributed by atoms with van der Waals surface area (Å²) in [6.07, 6.45) is 0. The van der Waals surface area contributed by atoms with Gasteiger partial charge in [-0.05, 0) is 51.8 Å². The lowest BCUT2D eigenvalue weighted by Gasteiger charge is -2.12. The molecule has 0 radical (unpaired) electrons. The Hall–Kier alpha value is -0.790. The van der Waals surface area contributed by atoms with E-state index in [1.807, 2.05) is 0 Å².